The molecule has 0 spiro atoms. The number of aromatic nitrogens is 5. The number of hydrogen-bond donors (Lipinski definition) is 2. The van der Waals surface area contributed by atoms with Gasteiger partial charge in [0, 0.05) is 17.1 Å². The van der Waals surface area contributed by atoms with Crippen molar-refractivity contribution in [1.82, 2.24) is 30.4 Å². The maximum Gasteiger partial charge on any atom is 0.417 e. The van der Waals surface area contributed by atoms with E-state index in [1.165, 1.54) is 6.07 Å². The first-order valence-electron chi connectivity index (χ1n) is 11.1. The largest absolute Gasteiger partial charge is 0.417 e. The van der Waals surface area contributed by atoms with Crippen molar-refractivity contribution in [3.63, 3.8) is 0 Å². The van der Waals surface area contributed by atoms with E-state index < -0.39 is 29.8 Å². The minimum atomic E-state index is -4.81. The Kier molecular flexibility index (Phi) is 6.51. The molecule has 0 atom stereocenters. The fourth-order valence-electron chi connectivity index (χ4n) is 3.87. The number of hydrogen-bond acceptors (Lipinski definition) is 7. The predicted octanol–water partition coefficient (Wildman–Crippen LogP) is 3.76. The van der Waals surface area contributed by atoms with Gasteiger partial charge in [-0.05, 0) is 48.0 Å². The van der Waals surface area contributed by atoms with Crippen LogP contribution in [0.15, 0.2) is 66.9 Å². The van der Waals surface area contributed by atoms with Gasteiger partial charge in [-0.1, -0.05) is 23.4 Å². The van der Waals surface area contributed by atoms with Crippen molar-refractivity contribution in [1.29, 1.82) is 0 Å². The number of pyridine rings is 2. The first-order chi connectivity index (χ1) is 17.8. The highest BCUT2D eigenvalue weighted by Gasteiger charge is 2.36. The second-order valence-electron chi connectivity index (χ2n) is 8.08. The maximum atomic E-state index is 13.8. The summed E-state index contributed by atoms with van der Waals surface area (Å²) in [4.78, 5) is 25.7. The van der Waals surface area contributed by atoms with E-state index in [1.54, 1.807) is 23.0 Å². The molecule has 1 amide bonds. The van der Waals surface area contributed by atoms with Gasteiger partial charge in [0.1, 0.15) is 5.52 Å². The molecule has 0 aliphatic rings. The van der Waals surface area contributed by atoms with Gasteiger partial charge in [0.25, 0.3) is 5.91 Å². The Morgan fingerprint density at radius 2 is 1.89 bits per heavy atom. The zero-order chi connectivity index (χ0) is 26.0. The standard InChI is InChI=1S/C25H19F3N6O3/c26-25(27,28)19-13-17(4-5-18(19)24(36)32-37-11-10-35)21-7-8-22-23(30-21)34(33-31-22)14-15-3-6-20-16(12-15)2-1-9-29-20/h1-9,12-13,35H,10-11,14H2,(H,32,36). The normalized spacial score (nSPS) is 11.8. The van der Waals surface area contributed by atoms with Crippen LogP contribution in [0.3, 0.4) is 0 Å². The lowest BCUT2D eigenvalue weighted by Crippen LogP contribution is -2.27. The fourth-order valence-corrected chi connectivity index (χ4v) is 3.87. The number of nitrogens with one attached hydrogen (secondary N) is 1. The van der Waals surface area contributed by atoms with Crippen LogP contribution in [0.4, 0.5) is 13.2 Å². The Bertz CT molecular complexity index is 1600. The number of amides is 1. The van der Waals surface area contributed by atoms with Crippen LogP contribution in [0, 0.1) is 0 Å². The lowest BCUT2D eigenvalue weighted by molar-refractivity contribution is -0.138. The van der Waals surface area contributed by atoms with Gasteiger partial charge in [-0.15, -0.1) is 5.10 Å². The molecule has 0 aliphatic heterocycles. The van der Waals surface area contributed by atoms with Crippen LogP contribution in [0.25, 0.3) is 33.3 Å². The zero-order valence-electron chi connectivity index (χ0n) is 19.1. The number of fused-ring (bicyclic) bond motifs is 2. The molecule has 9 nitrogen and oxygen atoms in total. The van der Waals surface area contributed by atoms with Gasteiger partial charge in [-0.2, -0.15) is 13.2 Å². The van der Waals surface area contributed by atoms with Crippen LogP contribution < -0.4 is 5.48 Å². The number of halogens is 3. The van der Waals surface area contributed by atoms with Gasteiger partial charge in [0.2, 0.25) is 0 Å². The molecule has 0 fully saturated rings. The second-order valence-corrected chi connectivity index (χ2v) is 8.08. The summed E-state index contributed by atoms with van der Waals surface area (Å²) >= 11 is 0. The Morgan fingerprint density at radius 1 is 1.05 bits per heavy atom. The summed E-state index contributed by atoms with van der Waals surface area (Å²) in [5, 5.41) is 18.0. The molecule has 0 saturated carbocycles. The first kappa shape index (κ1) is 24.3. The molecule has 3 aromatic heterocycles. The molecule has 3 heterocycles. The van der Waals surface area contributed by atoms with Gasteiger partial charge in [-0.25, -0.2) is 15.1 Å². The second kappa shape index (κ2) is 9.91. The summed E-state index contributed by atoms with van der Waals surface area (Å²) < 4.78 is 43.0. The third-order valence-corrected chi connectivity index (χ3v) is 5.58. The number of hydroxylamine groups is 1. The molecule has 188 valence electrons. The van der Waals surface area contributed by atoms with Crippen LogP contribution in [0.1, 0.15) is 21.5 Å². The third kappa shape index (κ3) is 5.10. The van der Waals surface area contributed by atoms with E-state index in [0.717, 1.165) is 28.6 Å². The summed E-state index contributed by atoms with van der Waals surface area (Å²) in [7, 11) is 0. The highest BCUT2D eigenvalue weighted by molar-refractivity contribution is 5.96. The smallest absolute Gasteiger partial charge is 0.394 e. The van der Waals surface area contributed by atoms with Gasteiger partial charge < -0.3 is 5.11 Å². The minimum absolute atomic E-state index is 0.159. The van der Waals surface area contributed by atoms with E-state index in [1.807, 2.05) is 35.8 Å². The average Bonchev–Trinajstić information content (AvgIpc) is 3.29. The van der Waals surface area contributed by atoms with Crippen molar-refractivity contribution < 1.29 is 27.9 Å². The molecule has 0 saturated heterocycles. The molecule has 5 rings (SSSR count). The molecule has 0 radical (unpaired) electrons. The molecule has 0 aliphatic carbocycles. The van der Waals surface area contributed by atoms with E-state index in [0.29, 0.717) is 17.7 Å². The zero-order valence-corrected chi connectivity index (χ0v) is 19.1. The third-order valence-electron chi connectivity index (χ3n) is 5.58. The first-order valence-corrected chi connectivity index (χ1v) is 11.1. The van der Waals surface area contributed by atoms with Crippen LogP contribution in [-0.4, -0.2) is 49.2 Å². The number of aliphatic hydroxyl groups is 1. The topological polar surface area (TPSA) is 115 Å². The van der Waals surface area contributed by atoms with Crippen molar-refractivity contribution in [2.75, 3.05) is 13.2 Å². The molecular formula is C25H19F3N6O3. The summed E-state index contributed by atoms with van der Waals surface area (Å²) in [5.41, 5.74) is 3.22. The van der Waals surface area contributed by atoms with Crippen LogP contribution in [-0.2, 0) is 17.6 Å². The lowest BCUT2D eigenvalue weighted by atomic mass is 10.0. The van der Waals surface area contributed by atoms with Crippen LogP contribution in [0.2, 0.25) is 0 Å². The van der Waals surface area contributed by atoms with Crippen molar-refractivity contribution >= 4 is 28.0 Å². The Balaban J connectivity index is 1.48. The summed E-state index contributed by atoms with van der Waals surface area (Å²) in [6.07, 6.45) is -3.09. The van der Waals surface area contributed by atoms with Crippen molar-refractivity contribution in [3.05, 3.63) is 83.6 Å². The van der Waals surface area contributed by atoms with Crippen molar-refractivity contribution in [2.24, 2.45) is 0 Å². The molecule has 12 heteroatoms. The predicted molar refractivity (Wildman–Crippen MR) is 127 cm³/mol. The number of carbonyl (C=O) groups excluding carboxylic acids is 1. The average molecular weight is 508 g/mol. The van der Waals surface area contributed by atoms with E-state index in [-0.39, 0.29) is 17.9 Å². The van der Waals surface area contributed by atoms with Crippen molar-refractivity contribution in [2.45, 2.75) is 12.7 Å². The Hall–Kier alpha value is -4.42. The van der Waals surface area contributed by atoms with Gasteiger partial charge in [0.15, 0.2) is 5.65 Å². The number of aliphatic hydroxyl groups excluding tert-OH is 1. The lowest BCUT2D eigenvalue weighted by Gasteiger charge is -2.14. The molecule has 0 bridgehead atoms. The molecule has 2 N–H and O–H groups in total. The van der Waals surface area contributed by atoms with E-state index >= 15 is 0 Å². The van der Waals surface area contributed by atoms with Gasteiger partial charge >= 0.3 is 6.18 Å². The quantitative estimate of drug-likeness (QED) is 0.254. The Labute approximate surface area is 207 Å². The molecule has 0 unspecified atom stereocenters. The van der Waals surface area contributed by atoms with E-state index in [9.17, 15) is 18.0 Å². The maximum absolute atomic E-state index is 13.8. The fraction of sp³-hybridized carbons (Fsp3) is 0.160. The van der Waals surface area contributed by atoms with Crippen molar-refractivity contribution in [3.8, 4) is 11.3 Å². The van der Waals surface area contributed by atoms with E-state index in [4.69, 9.17) is 5.11 Å². The van der Waals surface area contributed by atoms with Gasteiger partial charge in [0.05, 0.1) is 42.1 Å². The highest BCUT2D eigenvalue weighted by atomic mass is 19.4. The minimum Gasteiger partial charge on any atom is -0.394 e. The van der Waals surface area contributed by atoms with E-state index in [2.05, 4.69) is 25.1 Å². The number of benzene rings is 2. The summed E-state index contributed by atoms with van der Waals surface area (Å²) in [5.74, 6) is -1.08. The molecule has 5 aromatic rings. The number of nitrogens with zero attached hydrogens (tertiary/aromatic N) is 5. The van der Waals surface area contributed by atoms with Crippen LogP contribution >= 0.6 is 0 Å². The molecule has 37 heavy (non-hydrogen) atoms. The van der Waals surface area contributed by atoms with Gasteiger partial charge in [-0.3, -0.25) is 14.6 Å². The Morgan fingerprint density at radius 3 is 2.70 bits per heavy atom. The highest BCUT2D eigenvalue weighted by Crippen LogP contribution is 2.35. The summed E-state index contributed by atoms with van der Waals surface area (Å²) in [6, 6.07) is 16.0. The molecular weight excluding hydrogens is 489 g/mol. The number of alkyl halides is 3. The number of carbonyl (C=O) groups is 1. The number of rotatable bonds is 7. The molecule has 2 aromatic carbocycles. The van der Waals surface area contributed by atoms with Crippen LogP contribution in [0.5, 0.6) is 0 Å². The SMILES string of the molecule is O=C(NOCCO)c1ccc(-c2ccc3nnn(Cc4ccc5ncccc5c4)c3n2)cc1C(F)(F)F. The monoisotopic (exact) mass is 508 g/mol. The summed E-state index contributed by atoms with van der Waals surface area (Å²) in [6.45, 7) is -0.311.